The van der Waals surface area contributed by atoms with Gasteiger partial charge in [-0.2, -0.15) is 5.10 Å². The molecule has 2 aromatic heterocycles. The van der Waals surface area contributed by atoms with Gasteiger partial charge in [-0.05, 0) is 19.9 Å². The summed E-state index contributed by atoms with van der Waals surface area (Å²) in [6.07, 6.45) is 3.50. The second kappa shape index (κ2) is 5.63. The molecule has 0 atom stereocenters. The average Bonchev–Trinajstić information content (AvgIpc) is 2.95. The van der Waals surface area contributed by atoms with E-state index in [0.717, 1.165) is 6.42 Å². The molecule has 0 aliphatic carbocycles. The Morgan fingerprint density at radius 3 is 2.89 bits per heavy atom. The van der Waals surface area contributed by atoms with Crippen LogP contribution in [0.3, 0.4) is 0 Å². The minimum atomic E-state index is -3.66. The van der Waals surface area contributed by atoms with Crippen molar-refractivity contribution in [1.29, 1.82) is 0 Å². The molecule has 0 bridgehead atoms. The maximum Gasteiger partial charge on any atom is 0.266 e. The number of aryl methyl sites for hydroxylation is 2. The molecule has 0 unspecified atom stereocenters. The Morgan fingerprint density at radius 1 is 1.47 bits per heavy atom. The fourth-order valence-corrected chi connectivity index (χ4v) is 3.14. The first-order valence-corrected chi connectivity index (χ1v) is 7.86. The third-order valence-electron chi connectivity index (χ3n) is 2.26. The van der Waals surface area contributed by atoms with Crippen molar-refractivity contribution < 1.29 is 8.42 Å². The molecule has 0 aliphatic heterocycles. The van der Waals surface area contributed by atoms with E-state index in [1.807, 2.05) is 0 Å². The molecule has 2 rings (SSSR count). The van der Waals surface area contributed by atoms with Crippen molar-refractivity contribution in [1.82, 2.24) is 20.0 Å². The number of nitrogens with two attached hydrogens (primary N) is 1. The molecule has 0 radical (unpaired) electrons. The second-order valence-corrected chi connectivity index (χ2v) is 6.68. The SMILES string of the molecule is Cc1nnc(NS(=O)(=O)c2cnn(CCCN)c2)s1. The number of sulfonamides is 1. The number of hydrogen-bond acceptors (Lipinski definition) is 7. The minimum Gasteiger partial charge on any atom is -0.330 e. The Labute approximate surface area is 114 Å². The van der Waals surface area contributed by atoms with Gasteiger partial charge in [0.25, 0.3) is 10.0 Å². The topological polar surface area (TPSA) is 116 Å². The zero-order chi connectivity index (χ0) is 13.9. The van der Waals surface area contributed by atoms with E-state index < -0.39 is 10.0 Å². The summed E-state index contributed by atoms with van der Waals surface area (Å²) in [4.78, 5) is 0.0948. The molecule has 0 amide bonds. The van der Waals surface area contributed by atoms with Crippen LogP contribution < -0.4 is 10.5 Å². The molecule has 8 nitrogen and oxygen atoms in total. The van der Waals surface area contributed by atoms with E-state index in [2.05, 4.69) is 20.0 Å². The van der Waals surface area contributed by atoms with Gasteiger partial charge in [-0.1, -0.05) is 11.3 Å². The lowest BCUT2D eigenvalue weighted by molar-refractivity contribution is 0.582. The number of hydrogen-bond donors (Lipinski definition) is 2. The highest BCUT2D eigenvalue weighted by atomic mass is 32.2. The van der Waals surface area contributed by atoms with E-state index in [1.54, 1.807) is 11.6 Å². The zero-order valence-corrected chi connectivity index (χ0v) is 11.9. The van der Waals surface area contributed by atoms with Crippen LogP contribution in [0.15, 0.2) is 17.3 Å². The molecule has 0 saturated heterocycles. The van der Waals surface area contributed by atoms with Crippen molar-refractivity contribution in [3.05, 3.63) is 17.4 Å². The van der Waals surface area contributed by atoms with Crippen LogP contribution in [-0.4, -0.2) is 34.9 Å². The van der Waals surface area contributed by atoms with Crippen molar-refractivity contribution in [2.75, 3.05) is 11.3 Å². The minimum absolute atomic E-state index is 0.0948. The lowest BCUT2D eigenvalue weighted by Crippen LogP contribution is -2.12. The summed E-state index contributed by atoms with van der Waals surface area (Å²) >= 11 is 1.17. The van der Waals surface area contributed by atoms with Gasteiger partial charge in [0.15, 0.2) is 0 Å². The van der Waals surface area contributed by atoms with Crippen LogP contribution in [0.2, 0.25) is 0 Å². The van der Waals surface area contributed by atoms with E-state index in [-0.39, 0.29) is 10.0 Å². The highest BCUT2D eigenvalue weighted by molar-refractivity contribution is 7.93. The highest BCUT2D eigenvalue weighted by Crippen LogP contribution is 2.18. The van der Waals surface area contributed by atoms with Gasteiger partial charge in [-0.3, -0.25) is 9.40 Å². The molecular weight excluding hydrogens is 288 g/mol. The summed E-state index contributed by atoms with van der Waals surface area (Å²) in [6.45, 7) is 2.87. The predicted molar refractivity (Wildman–Crippen MR) is 71.4 cm³/mol. The molecule has 104 valence electrons. The molecule has 0 fully saturated rings. The van der Waals surface area contributed by atoms with E-state index in [1.165, 1.54) is 23.7 Å². The quantitative estimate of drug-likeness (QED) is 0.787. The molecule has 0 spiro atoms. The van der Waals surface area contributed by atoms with Crippen molar-refractivity contribution in [2.24, 2.45) is 5.73 Å². The van der Waals surface area contributed by atoms with Gasteiger partial charge >= 0.3 is 0 Å². The van der Waals surface area contributed by atoms with Crippen LogP contribution >= 0.6 is 11.3 Å². The van der Waals surface area contributed by atoms with Crippen LogP contribution in [0.5, 0.6) is 0 Å². The average molecular weight is 302 g/mol. The van der Waals surface area contributed by atoms with Gasteiger partial charge in [0, 0.05) is 12.7 Å². The highest BCUT2D eigenvalue weighted by Gasteiger charge is 2.18. The first-order valence-electron chi connectivity index (χ1n) is 5.57. The van der Waals surface area contributed by atoms with Gasteiger partial charge in [-0.25, -0.2) is 8.42 Å². The largest absolute Gasteiger partial charge is 0.330 e. The van der Waals surface area contributed by atoms with E-state index in [9.17, 15) is 8.42 Å². The van der Waals surface area contributed by atoms with Crippen molar-refractivity contribution in [3.8, 4) is 0 Å². The second-order valence-electron chi connectivity index (χ2n) is 3.81. The molecule has 2 aromatic rings. The first-order chi connectivity index (χ1) is 9.01. The Bertz CT molecular complexity index is 647. The van der Waals surface area contributed by atoms with Gasteiger partial charge in [0.2, 0.25) is 5.13 Å². The molecule has 0 aromatic carbocycles. The fraction of sp³-hybridized carbons (Fsp3) is 0.444. The van der Waals surface area contributed by atoms with Crippen LogP contribution in [-0.2, 0) is 16.6 Å². The molecule has 0 aliphatic rings. The molecule has 0 saturated carbocycles. The number of nitrogens with one attached hydrogen (secondary N) is 1. The summed E-state index contributed by atoms with van der Waals surface area (Å²) in [5, 5.41) is 12.4. The third-order valence-corrected chi connectivity index (χ3v) is 4.44. The van der Waals surface area contributed by atoms with E-state index >= 15 is 0 Å². The summed E-state index contributed by atoms with van der Waals surface area (Å²) in [7, 11) is -3.66. The van der Waals surface area contributed by atoms with Crippen LogP contribution in [0.4, 0.5) is 5.13 Å². The Kier molecular flexibility index (Phi) is 4.12. The normalized spacial score (nSPS) is 11.7. The van der Waals surface area contributed by atoms with E-state index in [4.69, 9.17) is 5.73 Å². The predicted octanol–water partition coefficient (Wildman–Crippen LogP) is 0.193. The third kappa shape index (κ3) is 3.49. The molecule has 19 heavy (non-hydrogen) atoms. The molecular formula is C9H14N6O2S2. The standard InChI is InChI=1S/C9H14N6O2S2/c1-7-12-13-9(18-7)14-19(16,17)8-5-11-15(6-8)4-2-3-10/h5-6H,2-4,10H2,1H3,(H,13,14). The van der Waals surface area contributed by atoms with Gasteiger partial charge in [-0.15, -0.1) is 10.2 Å². The fourth-order valence-electron chi connectivity index (χ4n) is 1.37. The first kappa shape index (κ1) is 13.9. The smallest absolute Gasteiger partial charge is 0.266 e. The number of anilines is 1. The summed E-state index contributed by atoms with van der Waals surface area (Å²) in [5.41, 5.74) is 5.39. The van der Waals surface area contributed by atoms with Gasteiger partial charge in [0.1, 0.15) is 9.90 Å². The number of nitrogens with zero attached hydrogens (tertiary/aromatic N) is 4. The maximum atomic E-state index is 12.0. The molecule has 2 heterocycles. The zero-order valence-electron chi connectivity index (χ0n) is 10.3. The van der Waals surface area contributed by atoms with E-state index in [0.29, 0.717) is 18.1 Å². The monoisotopic (exact) mass is 302 g/mol. The lowest BCUT2D eigenvalue weighted by Gasteiger charge is -2.01. The summed E-state index contributed by atoms with van der Waals surface area (Å²) in [5.74, 6) is 0. The van der Waals surface area contributed by atoms with Crippen molar-refractivity contribution >= 4 is 26.5 Å². The van der Waals surface area contributed by atoms with Crippen LogP contribution in [0.1, 0.15) is 11.4 Å². The maximum absolute atomic E-state index is 12.0. The van der Waals surface area contributed by atoms with Crippen molar-refractivity contribution in [3.63, 3.8) is 0 Å². The number of rotatable bonds is 6. The number of aromatic nitrogens is 4. The molecule has 10 heteroatoms. The summed E-state index contributed by atoms with van der Waals surface area (Å²) < 4.78 is 28.0. The Hall–Kier alpha value is -1.52. The van der Waals surface area contributed by atoms with Gasteiger partial charge < -0.3 is 5.73 Å². The van der Waals surface area contributed by atoms with Crippen LogP contribution in [0, 0.1) is 6.92 Å². The van der Waals surface area contributed by atoms with Crippen LogP contribution in [0.25, 0.3) is 0 Å². The molecule has 3 N–H and O–H groups in total. The van der Waals surface area contributed by atoms with Crippen molar-refractivity contribution in [2.45, 2.75) is 24.8 Å². The Morgan fingerprint density at radius 2 is 2.26 bits per heavy atom. The summed E-state index contributed by atoms with van der Waals surface area (Å²) in [6, 6.07) is 0. The van der Waals surface area contributed by atoms with Gasteiger partial charge in [0.05, 0.1) is 6.20 Å². The lowest BCUT2D eigenvalue weighted by atomic mass is 10.4. The Balaban J connectivity index is 2.13.